The summed E-state index contributed by atoms with van der Waals surface area (Å²) in [4.78, 5) is 0. The first kappa shape index (κ1) is 4.81. The summed E-state index contributed by atoms with van der Waals surface area (Å²) in [5.41, 5.74) is 5.54. The Bertz CT molecular complexity index is 84.1. The lowest BCUT2D eigenvalue weighted by atomic mass is 9.95. The summed E-state index contributed by atoms with van der Waals surface area (Å²) < 4.78 is 0. The minimum atomic E-state index is -0.0833. The second kappa shape index (κ2) is 1.32. The van der Waals surface area contributed by atoms with Gasteiger partial charge in [-0.15, -0.1) is 6.58 Å². The molecule has 1 saturated heterocycles. The average molecular weight is 98.1 g/mol. The predicted molar refractivity (Wildman–Crippen MR) is 30.0 cm³/mol. The third-order valence-corrected chi connectivity index (χ3v) is 1.31. The van der Waals surface area contributed by atoms with Gasteiger partial charge in [0.2, 0.25) is 0 Å². The van der Waals surface area contributed by atoms with Crippen molar-refractivity contribution in [3.8, 4) is 0 Å². The molecule has 0 bridgehead atoms. The van der Waals surface area contributed by atoms with Gasteiger partial charge in [0, 0.05) is 13.1 Å². The van der Waals surface area contributed by atoms with E-state index in [1.807, 2.05) is 0 Å². The van der Waals surface area contributed by atoms with Crippen molar-refractivity contribution in [3.05, 3.63) is 12.7 Å². The zero-order chi connectivity index (χ0) is 5.33. The Morgan fingerprint density at radius 1 is 1.71 bits per heavy atom. The number of hydrogen-bond donors (Lipinski definition) is 2. The summed E-state index contributed by atoms with van der Waals surface area (Å²) in [5, 5.41) is 3.06. The molecule has 1 rings (SSSR count). The summed E-state index contributed by atoms with van der Waals surface area (Å²) in [6.45, 7) is 5.36. The van der Waals surface area contributed by atoms with Crippen molar-refractivity contribution in [1.82, 2.24) is 5.32 Å². The molecule has 0 saturated carbocycles. The summed E-state index contributed by atoms with van der Waals surface area (Å²) in [7, 11) is 0. The van der Waals surface area contributed by atoms with E-state index in [0.717, 1.165) is 13.1 Å². The van der Waals surface area contributed by atoms with Crippen LogP contribution in [-0.4, -0.2) is 18.6 Å². The standard InChI is InChI=1S/C5H10N2/c1-2-5(6)3-7-4-5/h2,7H,1,3-4,6H2. The molecular weight excluding hydrogens is 88.1 g/mol. The fourth-order valence-corrected chi connectivity index (χ4v) is 0.558. The van der Waals surface area contributed by atoms with Crippen LogP contribution in [0.1, 0.15) is 0 Å². The van der Waals surface area contributed by atoms with Gasteiger partial charge in [-0.3, -0.25) is 0 Å². The molecule has 1 aliphatic rings. The maximum atomic E-state index is 5.62. The van der Waals surface area contributed by atoms with Crippen LogP contribution in [0, 0.1) is 0 Å². The Hall–Kier alpha value is -0.340. The van der Waals surface area contributed by atoms with E-state index in [2.05, 4.69) is 11.9 Å². The van der Waals surface area contributed by atoms with Crippen LogP contribution >= 0.6 is 0 Å². The van der Waals surface area contributed by atoms with Crippen LogP contribution in [0.2, 0.25) is 0 Å². The molecule has 0 spiro atoms. The van der Waals surface area contributed by atoms with Gasteiger partial charge in [-0.05, 0) is 0 Å². The van der Waals surface area contributed by atoms with E-state index in [9.17, 15) is 0 Å². The van der Waals surface area contributed by atoms with Gasteiger partial charge in [-0.2, -0.15) is 0 Å². The maximum Gasteiger partial charge on any atom is 0.0589 e. The normalized spacial score (nSPS) is 25.9. The third kappa shape index (κ3) is 0.667. The van der Waals surface area contributed by atoms with E-state index in [4.69, 9.17) is 5.73 Å². The monoisotopic (exact) mass is 98.1 g/mol. The van der Waals surface area contributed by atoms with E-state index >= 15 is 0 Å². The van der Waals surface area contributed by atoms with Crippen molar-refractivity contribution in [2.75, 3.05) is 13.1 Å². The summed E-state index contributed by atoms with van der Waals surface area (Å²) in [6.07, 6.45) is 1.80. The highest BCUT2D eigenvalue weighted by Gasteiger charge is 2.27. The minimum absolute atomic E-state index is 0.0833. The number of nitrogens with two attached hydrogens (primary N) is 1. The molecule has 7 heavy (non-hydrogen) atoms. The van der Waals surface area contributed by atoms with Crippen molar-refractivity contribution in [2.45, 2.75) is 5.54 Å². The predicted octanol–water partition coefficient (Wildman–Crippen LogP) is -0.527. The highest BCUT2D eigenvalue weighted by Crippen LogP contribution is 2.05. The quantitative estimate of drug-likeness (QED) is 0.433. The Morgan fingerprint density at radius 2 is 2.29 bits per heavy atom. The lowest BCUT2D eigenvalue weighted by molar-refractivity contribution is 0.349. The van der Waals surface area contributed by atoms with Crippen LogP contribution < -0.4 is 11.1 Å². The first-order chi connectivity index (χ1) is 3.27. The maximum absolute atomic E-state index is 5.62. The topological polar surface area (TPSA) is 38.0 Å². The lowest BCUT2D eigenvalue weighted by Gasteiger charge is -2.35. The third-order valence-electron chi connectivity index (χ3n) is 1.31. The highest BCUT2D eigenvalue weighted by molar-refractivity contribution is 5.09. The molecule has 0 atom stereocenters. The van der Waals surface area contributed by atoms with Crippen molar-refractivity contribution >= 4 is 0 Å². The zero-order valence-electron chi connectivity index (χ0n) is 4.28. The van der Waals surface area contributed by atoms with E-state index < -0.39 is 0 Å². The zero-order valence-corrected chi connectivity index (χ0v) is 4.28. The number of nitrogens with one attached hydrogen (secondary N) is 1. The Kier molecular flexibility index (Phi) is 0.905. The van der Waals surface area contributed by atoms with E-state index in [0.29, 0.717) is 0 Å². The fraction of sp³-hybridized carbons (Fsp3) is 0.600. The van der Waals surface area contributed by atoms with Gasteiger partial charge in [0.1, 0.15) is 0 Å². The van der Waals surface area contributed by atoms with Crippen LogP contribution in [0.3, 0.4) is 0 Å². The van der Waals surface area contributed by atoms with Crippen LogP contribution in [0.15, 0.2) is 12.7 Å². The molecule has 0 amide bonds. The van der Waals surface area contributed by atoms with Crippen molar-refractivity contribution in [2.24, 2.45) is 5.73 Å². The van der Waals surface area contributed by atoms with Crippen molar-refractivity contribution < 1.29 is 0 Å². The SMILES string of the molecule is C=CC1(N)CNC1. The number of rotatable bonds is 1. The molecule has 1 fully saturated rings. The minimum Gasteiger partial charge on any atom is -0.320 e. The molecule has 1 heterocycles. The number of hydrogen-bond acceptors (Lipinski definition) is 2. The molecule has 2 heteroatoms. The first-order valence-corrected chi connectivity index (χ1v) is 2.40. The van der Waals surface area contributed by atoms with Gasteiger partial charge in [0.15, 0.2) is 0 Å². The molecule has 0 aromatic heterocycles. The lowest BCUT2D eigenvalue weighted by Crippen LogP contribution is -2.64. The summed E-state index contributed by atoms with van der Waals surface area (Å²) >= 11 is 0. The molecule has 40 valence electrons. The van der Waals surface area contributed by atoms with Crippen LogP contribution in [0.25, 0.3) is 0 Å². The molecular formula is C5H10N2. The van der Waals surface area contributed by atoms with Crippen LogP contribution in [-0.2, 0) is 0 Å². The van der Waals surface area contributed by atoms with E-state index in [-0.39, 0.29) is 5.54 Å². The Labute approximate surface area is 43.4 Å². The molecule has 0 aliphatic carbocycles. The summed E-state index contributed by atoms with van der Waals surface area (Å²) in [5.74, 6) is 0. The smallest absolute Gasteiger partial charge is 0.0589 e. The fourth-order valence-electron chi connectivity index (χ4n) is 0.558. The van der Waals surface area contributed by atoms with Crippen molar-refractivity contribution in [1.29, 1.82) is 0 Å². The van der Waals surface area contributed by atoms with Crippen molar-refractivity contribution in [3.63, 3.8) is 0 Å². The summed E-state index contributed by atoms with van der Waals surface area (Å²) in [6, 6.07) is 0. The average Bonchev–Trinajstić information content (AvgIpc) is 1.61. The first-order valence-electron chi connectivity index (χ1n) is 2.40. The van der Waals surface area contributed by atoms with E-state index in [1.54, 1.807) is 6.08 Å². The van der Waals surface area contributed by atoms with Gasteiger partial charge >= 0.3 is 0 Å². The molecule has 0 aromatic carbocycles. The van der Waals surface area contributed by atoms with Crippen LogP contribution in [0.5, 0.6) is 0 Å². The van der Waals surface area contributed by atoms with Gasteiger partial charge in [-0.25, -0.2) is 0 Å². The van der Waals surface area contributed by atoms with E-state index in [1.165, 1.54) is 0 Å². The Balaban J connectivity index is 2.43. The molecule has 0 unspecified atom stereocenters. The molecule has 0 aromatic rings. The molecule has 0 radical (unpaired) electrons. The second-order valence-corrected chi connectivity index (χ2v) is 2.04. The van der Waals surface area contributed by atoms with Gasteiger partial charge in [0.25, 0.3) is 0 Å². The molecule has 2 nitrogen and oxygen atoms in total. The van der Waals surface area contributed by atoms with Crippen LogP contribution in [0.4, 0.5) is 0 Å². The van der Waals surface area contributed by atoms with Gasteiger partial charge in [-0.1, -0.05) is 6.08 Å². The second-order valence-electron chi connectivity index (χ2n) is 2.04. The highest BCUT2D eigenvalue weighted by atomic mass is 15.1. The molecule has 1 aliphatic heterocycles. The van der Waals surface area contributed by atoms with Gasteiger partial charge < -0.3 is 11.1 Å². The molecule has 3 N–H and O–H groups in total. The Morgan fingerprint density at radius 3 is 2.29 bits per heavy atom. The van der Waals surface area contributed by atoms with Gasteiger partial charge in [0.05, 0.1) is 5.54 Å². The largest absolute Gasteiger partial charge is 0.320 e.